The van der Waals surface area contributed by atoms with Crippen molar-refractivity contribution in [2.45, 2.75) is 84.0 Å². The molecule has 4 aliphatic rings. The number of hydrogen-bond donors (Lipinski definition) is 0. The molecule has 1 spiro atoms. The smallest absolute Gasteiger partial charge is 0.311 e. The minimum absolute atomic E-state index is 0.0182. The van der Waals surface area contributed by atoms with Crippen LogP contribution in [0, 0.1) is 28.6 Å². The van der Waals surface area contributed by atoms with Gasteiger partial charge in [-0.05, 0) is 56.3 Å². The van der Waals surface area contributed by atoms with Gasteiger partial charge in [0.15, 0.2) is 5.79 Å². The van der Waals surface area contributed by atoms with Crippen molar-refractivity contribution in [2.24, 2.45) is 28.6 Å². The second-order valence-electron chi connectivity index (χ2n) is 9.87. The molecule has 0 aromatic carbocycles. The summed E-state index contributed by atoms with van der Waals surface area (Å²) in [5.74, 6) is 0.852. The highest BCUT2D eigenvalue weighted by Gasteiger charge is 2.69. The summed E-state index contributed by atoms with van der Waals surface area (Å²) < 4.78 is 18.3. The fourth-order valence-electron chi connectivity index (χ4n) is 7.20. The monoisotopic (exact) mass is 350 g/mol. The summed E-state index contributed by atoms with van der Waals surface area (Å²) in [6.07, 6.45) is 7.43. The number of esters is 1. The van der Waals surface area contributed by atoms with Gasteiger partial charge in [-0.15, -0.1) is 0 Å². The summed E-state index contributed by atoms with van der Waals surface area (Å²) in [4.78, 5) is 12.7. The molecule has 0 unspecified atom stereocenters. The summed E-state index contributed by atoms with van der Waals surface area (Å²) in [6.45, 7) is 9.72. The highest BCUT2D eigenvalue weighted by molar-refractivity contribution is 5.77. The third-order valence-electron chi connectivity index (χ3n) is 8.51. The number of carbonyl (C=O) groups excluding carboxylic acids is 1. The fourth-order valence-corrected chi connectivity index (χ4v) is 7.20. The quantitative estimate of drug-likeness (QED) is 0.696. The molecule has 2 aliphatic heterocycles. The molecule has 4 rings (SSSR count). The standard InChI is InChI=1S/C21H34O4/c1-14(2)21-12-8-16-18(3)9-6-10-19(4,17(22)23-5)15(18)7-11-20(16,25-21)13-24-21/h14-16H,6-13H2,1-5H3/t15-,16-,18+,19-,20+,21+/m1/s1. The maximum absolute atomic E-state index is 12.7. The zero-order valence-electron chi connectivity index (χ0n) is 16.5. The number of hydrogen-bond acceptors (Lipinski definition) is 4. The van der Waals surface area contributed by atoms with Crippen molar-refractivity contribution in [3.63, 3.8) is 0 Å². The van der Waals surface area contributed by atoms with Crippen LogP contribution in [-0.2, 0) is 19.0 Å². The van der Waals surface area contributed by atoms with Gasteiger partial charge in [0.1, 0.15) is 0 Å². The molecule has 6 atom stereocenters. The van der Waals surface area contributed by atoms with Gasteiger partial charge < -0.3 is 14.2 Å². The Bertz CT molecular complexity index is 574. The molecule has 0 N–H and O–H groups in total. The molecule has 2 bridgehead atoms. The molecule has 25 heavy (non-hydrogen) atoms. The molecule has 4 heteroatoms. The molecule has 142 valence electrons. The maximum Gasteiger partial charge on any atom is 0.311 e. The number of ether oxygens (including phenoxy) is 3. The highest BCUT2D eigenvalue weighted by atomic mass is 16.8. The third kappa shape index (κ3) is 2.16. The van der Waals surface area contributed by atoms with Crippen molar-refractivity contribution in [2.75, 3.05) is 13.7 Å². The SMILES string of the molecule is COC(=O)[C@]1(C)CCC[C@@]2(C)[C@H]1CC[C@]13CO[C@@](C(C)C)(CC[C@@H]12)O3. The van der Waals surface area contributed by atoms with Crippen molar-refractivity contribution in [1.82, 2.24) is 0 Å². The topological polar surface area (TPSA) is 44.8 Å². The lowest BCUT2D eigenvalue weighted by atomic mass is 9.44. The van der Waals surface area contributed by atoms with Gasteiger partial charge in [0.25, 0.3) is 0 Å². The summed E-state index contributed by atoms with van der Waals surface area (Å²) in [5.41, 5.74) is -0.353. The lowest BCUT2D eigenvalue weighted by molar-refractivity contribution is -0.284. The number of methoxy groups -OCH3 is 1. The Kier molecular flexibility index (Phi) is 3.88. The summed E-state index contributed by atoms with van der Waals surface area (Å²) >= 11 is 0. The fraction of sp³-hybridized carbons (Fsp3) is 0.952. The van der Waals surface area contributed by atoms with Crippen molar-refractivity contribution in [1.29, 1.82) is 0 Å². The first kappa shape index (κ1) is 17.8. The van der Waals surface area contributed by atoms with E-state index in [0.29, 0.717) is 17.8 Å². The molecular weight excluding hydrogens is 316 g/mol. The first-order valence-corrected chi connectivity index (χ1v) is 10.1. The number of fused-ring (bicyclic) bond motifs is 3. The zero-order chi connectivity index (χ0) is 18.1. The van der Waals surface area contributed by atoms with Gasteiger partial charge in [-0.3, -0.25) is 4.79 Å². The molecule has 0 aromatic rings. The average molecular weight is 350 g/mol. The van der Waals surface area contributed by atoms with Crippen LogP contribution in [0.2, 0.25) is 0 Å². The van der Waals surface area contributed by atoms with Gasteiger partial charge in [-0.2, -0.15) is 0 Å². The van der Waals surface area contributed by atoms with Crippen molar-refractivity contribution >= 4 is 5.97 Å². The second kappa shape index (κ2) is 5.45. The first-order chi connectivity index (χ1) is 11.7. The predicted molar refractivity (Wildman–Crippen MR) is 94.9 cm³/mol. The molecule has 0 amide bonds. The normalized spacial score (nSPS) is 51.8. The van der Waals surface area contributed by atoms with E-state index in [0.717, 1.165) is 45.1 Å². The number of carbonyl (C=O) groups is 1. The van der Waals surface area contributed by atoms with Crippen LogP contribution >= 0.6 is 0 Å². The van der Waals surface area contributed by atoms with Crippen LogP contribution in [-0.4, -0.2) is 31.1 Å². The average Bonchev–Trinajstić information content (AvgIpc) is 2.86. The van der Waals surface area contributed by atoms with Crippen molar-refractivity contribution in [3.8, 4) is 0 Å². The summed E-state index contributed by atoms with van der Waals surface area (Å²) in [6, 6.07) is 0. The molecule has 2 saturated carbocycles. The van der Waals surface area contributed by atoms with E-state index in [4.69, 9.17) is 14.2 Å². The van der Waals surface area contributed by atoms with Crippen molar-refractivity contribution < 1.29 is 19.0 Å². The molecule has 0 radical (unpaired) electrons. The van der Waals surface area contributed by atoms with E-state index in [1.807, 2.05) is 0 Å². The van der Waals surface area contributed by atoms with Gasteiger partial charge in [0.05, 0.1) is 24.7 Å². The molecular formula is C21H34O4. The minimum atomic E-state index is -0.375. The molecule has 0 aromatic heterocycles. The Balaban J connectivity index is 1.69. The zero-order valence-corrected chi connectivity index (χ0v) is 16.5. The molecule has 4 fully saturated rings. The Labute approximate surface area is 152 Å². The van der Waals surface area contributed by atoms with Crippen molar-refractivity contribution in [3.05, 3.63) is 0 Å². The maximum atomic E-state index is 12.7. The van der Waals surface area contributed by atoms with Gasteiger partial charge >= 0.3 is 5.97 Å². The second-order valence-corrected chi connectivity index (χ2v) is 9.87. The van der Waals surface area contributed by atoms with Gasteiger partial charge in [-0.1, -0.05) is 27.2 Å². The van der Waals surface area contributed by atoms with Crippen LogP contribution in [0.4, 0.5) is 0 Å². The van der Waals surface area contributed by atoms with E-state index < -0.39 is 0 Å². The van der Waals surface area contributed by atoms with E-state index in [1.165, 1.54) is 13.5 Å². The third-order valence-corrected chi connectivity index (χ3v) is 8.51. The van der Waals surface area contributed by atoms with Crippen LogP contribution in [0.15, 0.2) is 0 Å². The van der Waals surface area contributed by atoms with Gasteiger partial charge in [0, 0.05) is 12.3 Å². The van der Waals surface area contributed by atoms with E-state index >= 15 is 0 Å². The van der Waals surface area contributed by atoms with E-state index in [9.17, 15) is 4.79 Å². The Morgan fingerprint density at radius 3 is 2.48 bits per heavy atom. The molecule has 2 aliphatic carbocycles. The van der Waals surface area contributed by atoms with Gasteiger partial charge in [-0.25, -0.2) is 0 Å². The van der Waals surface area contributed by atoms with Gasteiger partial charge in [0.2, 0.25) is 0 Å². The molecule has 4 nitrogen and oxygen atoms in total. The summed E-state index contributed by atoms with van der Waals surface area (Å²) in [5, 5.41) is 0. The Morgan fingerprint density at radius 2 is 1.80 bits per heavy atom. The summed E-state index contributed by atoms with van der Waals surface area (Å²) in [7, 11) is 1.54. The molecule has 2 heterocycles. The van der Waals surface area contributed by atoms with E-state index in [-0.39, 0.29) is 28.2 Å². The first-order valence-electron chi connectivity index (χ1n) is 10.1. The van der Waals surface area contributed by atoms with E-state index in [1.54, 1.807) is 0 Å². The lowest BCUT2D eigenvalue weighted by Gasteiger charge is -2.63. The van der Waals surface area contributed by atoms with Crippen LogP contribution < -0.4 is 0 Å². The van der Waals surface area contributed by atoms with Crippen LogP contribution in [0.5, 0.6) is 0 Å². The predicted octanol–water partition coefficient (Wildman–Crippen LogP) is 4.31. The largest absolute Gasteiger partial charge is 0.469 e. The van der Waals surface area contributed by atoms with Crippen LogP contribution in [0.25, 0.3) is 0 Å². The highest BCUT2D eigenvalue weighted by Crippen LogP contribution is 2.68. The Morgan fingerprint density at radius 1 is 1.08 bits per heavy atom. The lowest BCUT2D eigenvalue weighted by Crippen LogP contribution is -2.63. The van der Waals surface area contributed by atoms with E-state index in [2.05, 4.69) is 27.7 Å². The Hall–Kier alpha value is -0.610. The molecule has 2 saturated heterocycles. The minimum Gasteiger partial charge on any atom is -0.469 e. The van der Waals surface area contributed by atoms with Crippen LogP contribution in [0.1, 0.15) is 72.6 Å². The van der Waals surface area contributed by atoms with Crippen LogP contribution in [0.3, 0.4) is 0 Å². The number of rotatable bonds is 2.